The summed E-state index contributed by atoms with van der Waals surface area (Å²) in [7, 11) is 0. The smallest absolute Gasteiger partial charge is 0.303 e. The fourth-order valence-corrected chi connectivity index (χ4v) is 3.00. The minimum atomic E-state index is -0.842. The zero-order chi connectivity index (χ0) is 21.7. The Kier molecular flexibility index (Phi) is 6.95. The second kappa shape index (κ2) is 9.63. The summed E-state index contributed by atoms with van der Waals surface area (Å²) in [6, 6.07) is 10.9. The first-order chi connectivity index (χ1) is 14.3. The molecule has 0 aliphatic rings. The summed E-state index contributed by atoms with van der Waals surface area (Å²) in [5.74, 6) is 1.14. The highest BCUT2D eigenvalue weighted by molar-refractivity contribution is 6.32. The molecule has 8 heteroatoms. The minimum absolute atomic E-state index is 0.0201. The molecule has 2 aromatic carbocycles. The Morgan fingerprint density at radius 1 is 1.23 bits per heavy atom. The maximum Gasteiger partial charge on any atom is 0.303 e. The van der Waals surface area contributed by atoms with Crippen molar-refractivity contribution in [3.63, 3.8) is 0 Å². The molecule has 158 valence electrons. The summed E-state index contributed by atoms with van der Waals surface area (Å²) in [6.07, 6.45) is 0.516. The van der Waals surface area contributed by atoms with E-state index in [1.165, 1.54) is 0 Å². The second-order valence-corrected chi connectivity index (χ2v) is 7.46. The lowest BCUT2D eigenvalue weighted by molar-refractivity contribution is -0.137. The largest absolute Gasteiger partial charge is 0.494 e. The van der Waals surface area contributed by atoms with Gasteiger partial charge in [0.2, 0.25) is 5.82 Å². The monoisotopic (exact) mass is 430 g/mol. The molecular weight excluding hydrogens is 408 g/mol. The van der Waals surface area contributed by atoms with Crippen LogP contribution in [0.1, 0.15) is 32.3 Å². The Morgan fingerprint density at radius 2 is 2.03 bits per heavy atom. The summed E-state index contributed by atoms with van der Waals surface area (Å²) in [5.41, 5.74) is 2.40. The first kappa shape index (κ1) is 21.6. The number of carbonyl (C=O) groups is 1. The van der Waals surface area contributed by atoms with Crippen molar-refractivity contribution in [1.29, 1.82) is 0 Å². The highest BCUT2D eigenvalue weighted by Crippen LogP contribution is 2.32. The molecule has 1 N–H and O–H groups in total. The molecule has 0 atom stereocenters. The summed E-state index contributed by atoms with van der Waals surface area (Å²) in [4.78, 5) is 15.1. The molecule has 0 radical (unpaired) electrons. The lowest BCUT2D eigenvalue weighted by atomic mass is 10.1. The third kappa shape index (κ3) is 5.51. The van der Waals surface area contributed by atoms with E-state index >= 15 is 0 Å². The Morgan fingerprint density at radius 3 is 2.73 bits per heavy atom. The number of aliphatic carboxylic acids is 1. The molecular formula is C22H23ClN2O5. The normalized spacial score (nSPS) is 11.0. The molecule has 30 heavy (non-hydrogen) atoms. The van der Waals surface area contributed by atoms with Crippen LogP contribution in [0.5, 0.6) is 11.5 Å². The Labute approximate surface area is 179 Å². The molecule has 0 saturated heterocycles. The highest BCUT2D eigenvalue weighted by Gasteiger charge is 2.15. The van der Waals surface area contributed by atoms with Crippen molar-refractivity contribution in [2.24, 2.45) is 0 Å². The second-order valence-electron chi connectivity index (χ2n) is 7.06. The third-order valence-electron chi connectivity index (χ3n) is 4.22. The van der Waals surface area contributed by atoms with Gasteiger partial charge in [0.25, 0.3) is 5.89 Å². The lowest BCUT2D eigenvalue weighted by Gasteiger charge is -2.11. The van der Waals surface area contributed by atoms with Crippen LogP contribution in [0, 0.1) is 6.92 Å². The van der Waals surface area contributed by atoms with Crippen molar-refractivity contribution >= 4 is 17.6 Å². The molecule has 0 fully saturated rings. The fraction of sp³-hybridized carbons (Fsp3) is 0.318. The molecule has 0 saturated carbocycles. The summed E-state index contributed by atoms with van der Waals surface area (Å²) >= 11 is 6.31. The van der Waals surface area contributed by atoms with E-state index in [2.05, 4.69) is 10.1 Å². The van der Waals surface area contributed by atoms with Gasteiger partial charge in [0.15, 0.2) is 0 Å². The first-order valence-corrected chi connectivity index (χ1v) is 9.97. The van der Waals surface area contributed by atoms with Crippen LogP contribution < -0.4 is 9.47 Å². The molecule has 3 rings (SSSR count). The number of carboxylic acid groups (broad SMARTS) is 1. The van der Waals surface area contributed by atoms with Crippen molar-refractivity contribution in [2.45, 2.75) is 39.7 Å². The number of nitrogens with zero attached hydrogens (tertiary/aromatic N) is 2. The van der Waals surface area contributed by atoms with Gasteiger partial charge in [0.1, 0.15) is 11.5 Å². The van der Waals surface area contributed by atoms with Crippen LogP contribution in [0.25, 0.3) is 22.8 Å². The van der Waals surface area contributed by atoms with Crippen molar-refractivity contribution in [3.05, 3.63) is 47.0 Å². The van der Waals surface area contributed by atoms with Gasteiger partial charge in [-0.15, -0.1) is 0 Å². The van der Waals surface area contributed by atoms with E-state index in [0.717, 1.165) is 11.1 Å². The van der Waals surface area contributed by atoms with E-state index in [0.29, 0.717) is 46.8 Å². The van der Waals surface area contributed by atoms with Crippen molar-refractivity contribution < 1.29 is 23.9 Å². The Hall–Kier alpha value is -3.06. The minimum Gasteiger partial charge on any atom is -0.494 e. The fourth-order valence-electron chi connectivity index (χ4n) is 2.77. The number of aromatic nitrogens is 2. The number of aryl methyl sites for hydroxylation is 1. The van der Waals surface area contributed by atoms with E-state index in [9.17, 15) is 4.79 Å². The number of carboxylic acids is 1. The van der Waals surface area contributed by atoms with E-state index in [-0.39, 0.29) is 12.5 Å². The molecule has 1 aromatic heterocycles. The number of hydrogen-bond donors (Lipinski definition) is 1. The highest BCUT2D eigenvalue weighted by atomic mass is 35.5. The van der Waals surface area contributed by atoms with Gasteiger partial charge in [0.05, 0.1) is 17.7 Å². The zero-order valence-corrected chi connectivity index (χ0v) is 17.8. The third-order valence-corrected chi connectivity index (χ3v) is 4.52. The molecule has 0 unspecified atom stereocenters. The summed E-state index contributed by atoms with van der Waals surface area (Å²) in [6.45, 7) is 6.11. The van der Waals surface area contributed by atoms with Gasteiger partial charge < -0.3 is 19.1 Å². The summed E-state index contributed by atoms with van der Waals surface area (Å²) < 4.78 is 16.8. The number of rotatable bonds is 9. The maximum atomic E-state index is 10.6. The van der Waals surface area contributed by atoms with Gasteiger partial charge in [-0.25, -0.2) is 0 Å². The van der Waals surface area contributed by atoms with Gasteiger partial charge in [-0.05, 0) is 63.1 Å². The Bertz CT molecular complexity index is 1030. The van der Waals surface area contributed by atoms with Crippen molar-refractivity contribution in [3.8, 4) is 34.3 Å². The Balaban J connectivity index is 1.78. The zero-order valence-electron chi connectivity index (χ0n) is 17.0. The SMILES string of the molecule is Cc1ccc(OCCCC(=O)O)cc1-c1nc(-c2ccc(OC(C)C)c(Cl)c2)no1. The predicted octanol–water partition coefficient (Wildman–Crippen LogP) is 5.40. The van der Waals surface area contributed by atoms with E-state index in [1.807, 2.05) is 39.0 Å². The van der Waals surface area contributed by atoms with Crippen LogP contribution in [0.2, 0.25) is 5.02 Å². The van der Waals surface area contributed by atoms with Crippen LogP contribution in [-0.2, 0) is 4.79 Å². The molecule has 0 aliphatic heterocycles. The average Bonchev–Trinajstić information content (AvgIpc) is 3.17. The molecule has 0 spiro atoms. The molecule has 1 heterocycles. The number of benzene rings is 2. The molecule has 7 nitrogen and oxygen atoms in total. The number of hydrogen-bond acceptors (Lipinski definition) is 6. The standard InChI is InChI=1S/C22H23ClN2O5/c1-13(2)29-19-9-7-15(11-18(19)23)21-24-22(30-25-21)17-12-16(8-6-14(17)3)28-10-4-5-20(26)27/h6-9,11-13H,4-5,10H2,1-3H3,(H,26,27). The quantitative estimate of drug-likeness (QED) is 0.454. The average molecular weight is 431 g/mol. The summed E-state index contributed by atoms with van der Waals surface area (Å²) in [5, 5.41) is 13.2. The molecule has 0 bridgehead atoms. The van der Waals surface area contributed by atoms with Crippen LogP contribution in [0.4, 0.5) is 0 Å². The van der Waals surface area contributed by atoms with Crippen LogP contribution in [-0.4, -0.2) is 33.9 Å². The van der Waals surface area contributed by atoms with Gasteiger partial charge in [-0.2, -0.15) is 4.98 Å². The molecule has 0 aliphatic carbocycles. The van der Waals surface area contributed by atoms with Crippen LogP contribution in [0.3, 0.4) is 0 Å². The predicted molar refractivity (Wildman–Crippen MR) is 113 cm³/mol. The molecule has 3 aromatic rings. The lowest BCUT2D eigenvalue weighted by Crippen LogP contribution is -2.05. The van der Waals surface area contributed by atoms with Gasteiger partial charge >= 0.3 is 5.97 Å². The van der Waals surface area contributed by atoms with Crippen LogP contribution in [0.15, 0.2) is 40.9 Å². The van der Waals surface area contributed by atoms with Crippen LogP contribution >= 0.6 is 11.6 Å². The van der Waals surface area contributed by atoms with Gasteiger partial charge in [0, 0.05) is 17.5 Å². The maximum absolute atomic E-state index is 10.6. The van der Waals surface area contributed by atoms with Crippen molar-refractivity contribution in [1.82, 2.24) is 10.1 Å². The van der Waals surface area contributed by atoms with E-state index in [1.54, 1.807) is 18.2 Å². The van der Waals surface area contributed by atoms with Gasteiger partial charge in [-0.3, -0.25) is 4.79 Å². The topological polar surface area (TPSA) is 94.7 Å². The van der Waals surface area contributed by atoms with Gasteiger partial charge in [-0.1, -0.05) is 22.8 Å². The number of halogens is 1. The van der Waals surface area contributed by atoms with Crippen molar-refractivity contribution in [2.75, 3.05) is 6.61 Å². The van der Waals surface area contributed by atoms with E-state index < -0.39 is 5.97 Å². The molecule has 0 amide bonds. The number of ether oxygens (including phenoxy) is 2. The van der Waals surface area contributed by atoms with E-state index in [4.69, 9.17) is 30.7 Å². The first-order valence-electron chi connectivity index (χ1n) is 9.59.